The lowest BCUT2D eigenvalue weighted by Crippen LogP contribution is -2.22. The van der Waals surface area contributed by atoms with Crippen LogP contribution in [0.4, 0.5) is 11.5 Å². The van der Waals surface area contributed by atoms with Gasteiger partial charge in [-0.1, -0.05) is 37.3 Å². The highest BCUT2D eigenvalue weighted by molar-refractivity contribution is 7.92. The van der Waals surface area contributed by atoms with Gasteiger partial charge in [0, 0.05) is 16.6 Å². The summed E-state index contributed by atoms with van der Waals surface area (Å²) in [6, 6.07) is 16.3. The fourth-order valence-electron chi connectivity index (χ4n) is 5.46. The van der Waals surface area contributed by atoms with Crippen LogP contribution in [-0.2, 0) is 10.0 Å². The van der Waals surface area contributed by atoms with Gasteiger partial charge in [-0.25, -0.2) is 23.1 Å². The number of ether oxygens (including phenoxy) is 1. The number of hydrogen-bond donors (Lipinski definition) is 2. The molecular formula is C30H29N7O4S2. The molecule has 43 heavy (non-hydrogen) atoms. The van der Waals surface area contributed by atoms with Crippen LogP contribution in [0.1, 0.15) is 30.6 Å². The Kier molecular flexibility index (Phi) is 7.14. The first-order valence-electron chi connectivity index (χ1n) is 13.4. The van der Waals surface area contributed by atoms with Crippen molar-refractivity contribution >= 4 is 48.7 Å². The Balaban J connectivity index is 1.62. The predicted octanol–water partition coefficient (Wildman–Crippen LogP) is 5.10. The van der Waals surface area contributed by atoms with Crippen molar-refractivity contribution in [3.8, 4) is 28.1 Å². The highest BCUT2D eigenvalue weighted by Crippen LogP contribution is 2.39. The Labute approximate surface area is 251 Å². The van der Waals surface area contributed by atoms with Gasteiger partial charge in [-0.05, 0) is 48.7 Å². The largest absolute Gasteiger partial charge is 0.495 e. The topological polar surface area (TPSA) is 146 Å². The summed E-state index contributed by atoms with van der Waals surface area (Å²) in [6.07, 6.45) is 3.04. The molecule has 11 nitrogen and oxygen atoms in total. The molecule has 13 heteroatoms. The molecule has 0 fully saturated rings. The summed E-state index contributed by atoms with van der Waals surface area (Å²) in [4.78, 5) is 23.7. The van der Waals surface area contributed by atoms with Gasteiger partial charge in [0.05, 0.1) is 36.0 Å². The molecule has 6 aromatic rings. The minimum Gasteiger partial charge on any atom is -0.495 e. The molecule has 6 rings (SSSR count). The van der Waals surface area contributed by atoms with E-state index in [1.807, 2.05) is 49.6 Å². The summed E-state index contributed by atoms with van der Waals surface area (Å²) in [5.41, 5.74) is 11.2. The minimum atomic E-state index is -3.59. The maximum Gasteiger partial charge on any atom is 0.264 e. The number of aromatic nitrogens is 5. The summed E-state index contributed by atoms with van der Waals surface area (Å²) < 4.78 is 35.6. The molecule has 0 aliphatic heterocycles. The number of nitrogens with one attached hydrogen (secondary N) is 1. The van der Waals surface area contributed by atoms with E-state index in [0.29, 0.717) is 40.0 Å². The highest BCUT2D eigenvalue weighted by Gasteiger charge is 2.27. The first-order chi connectivity index (χ1) is 20.6. The lowest BCUT2D eigenvalue weighted by molar-refractivity contribution is 0.417. The van der Waals surface area contributed by atoms with Crippen LogP contribution >= 0.6 is 11.3 Å². The summed E-state index contributed by atoms with van der Waals surface area (Å²) in [5, 5.41) is 7.51. The predicted molar refractivity (Wildman–Crippen MR) is 170 cm³/mol. The fourth-order valence-corrected chi connectivity index (χ4v) is 6.94. The Bertz CT molecular complexity index is 2170. The molecule has 0 saturated heterocycles. The molecule has 220 valence electrons. The Morgan fingerprint density at radius 2 is 1.86 bits per heavy atom. The number of nitrogen functional groups attached to an aromatic ring is 1. The van der Waals surface area contributed by atoms with Gasteiger partial charge in [-0.3, -0.25) is 13.9 Å². The second kappa shape index (κ2) is 10.8. The lowest BCUT2D eigenvalue weighted by Gasteiger charge is -2.21. The van der Waals surface area contributed by atoms with Crippen LogP contribution in [0.25, 0.3) is 38.2 Å². The molecule has 4 heterocycles. The van der Waals surface area contributed by atoms with Crippen molar-refractivity contribution < 1.29 is 13.2 Å². The molecule has 2 aromatic carbocycles. The van der Waals surface area contributed by atoms with Crippen molar-refractivity contribution in [2.75, 3.05) is 23.8 Å². The van der Waals surface area contributed by atoms with Crippen LogP contribution in [0.3, 0.4) is 0 Å². The average molecular weight is 616 g/mol. The molecule has 0 aliphatic rings. The molecule has 4 aromatic heterocycles. The standard InChI is InChI=1S/C30H29N7O4S2/c1-5-22(20-14-24-36(17(2)15-42-24)30(38)25(20)18-9-7-6-8-10-18)37-29-26(28(31)32-16-33-29)27(34-37)19-11-12-23(41-3)21(13-19)35-43(4,39)40/h6-16,22,35H,5H2,1-4H3,(H2,31,32,33)/t22-/m0/s1. The second-order valence-electron chi connectivity index (χ2n) is 10.2. The van der Waals surface area contributed by atoms with Crippen LogP contribution in [0.15, 0.2) is 71.1 Å². The van der Waals surface area contributed by atoms with E-state index in [0.717, 1.165) is 27.9 Å². The van der Waals surface area contributed by atoms with Crippen molar-refractivity contribution in [1.82, 2.24) is 24.1 Å². The molecule has 3 N–H and O–H groups in total. The SMILES string of the molecule is CC[C@@H](c1cc2scc(C)n2c(=O)c1-c1ccccc1)n1nc(-c2ccc(OC)c(NS(C)(=O)=O)c2)c2c(N)ncnc21. The normalized spacial score (nSPS) is 12.6. The summed E-state index contributed by atoms with van der Waals surface area (Å²) in [6.45, 7) is 3.95. The van der Waals surface area contributed by atoms with E-state index < -0.39 is 16.1 Å². The number of aryl methyl sites for hydroxylation is 1. The molecule has 0 saturated carbocycles. The summed E-state index contributed by atoms with van der Waals surface area (Å²) in [7, 11) is -2.13. The zero-order valence-corrected chi connectivity index (χ0v) is 25.5. The number of methoxy groups -OCH3 is 1. The van der Waals surface area contributed by atoms with Gasteiger partial charge >= 0.3 is 0 Å². The molecule has 1 atom stereocenters. The van der Waals surface area contributed by atoms with Gasteiger partial charge in [0.25, 0.3) is 5.56 Å². The lowest BCUT2D eigenvalue weighted by atomic mass is 9.95. The number of rotatable bonds is 8. The van der Waals surface area contributed by atoms with E-state index in [4.69, 9.17) is 15.6 Å². The van der Waals surface area contributed by atoms with Gasteiger partial charge in [0.1, 0.15) is 28.4 Å². The van der Waals surface area contributed by atoms with E-state index in [-0.39, 0.29) is 17.1 Å². The summed E-state index contributed by atoms with van der Waals surface area (Å²) >= 11 is 1.51. The van der Waals surface area contributed by atoms with E-state index >= 15 is 0 Å². The van der Waals surface area contributed by atoms with Crippen molar-refractivity contribution in [3.05, 3.63) is 87.9 Å². The number of hydrogen-bond acceptors (Lipinski definition) is 9. The van der Waals surface area contributed by atoms with Crippen LogP contribution in [-0.4, -0.2) is 45.9 Å². The number of nitrogens with zero attached hydrogens (tertiary/aromatic N) is 5. The molecule has 0 spiro atoms. The van der Waals surface area contributed by atoms with Crippen LogP contribution in [0, 0.1) is 6.92 Å². The van der Waals surface area contributed by atoms with Gasteiger partial charge in [-0.15, -0.1) is 11.3 Å². The van der Waals surface area contributed by atoms with Gasteiger partial charge in [0.2, 0.25) is 10.0 Å². The van der Waals surface area contributed by atoms with Gasteiger partial charge < -0.3 is 10.5 Å². The number of fused-ring (bicyclic) bond motifs is 2. The van der Waals surface area contributed by atoms with Crippen LogP contribution < -0.4 is 20.8 Å². The Hall–Kier alpha value is -4.75. The smallest absolute Gasteiger partial charge is 0.264 e. The van der Waals surface area contributed by atoms with Gasteiger partial charge in [-0.2, -0.15) is 5.10 Å². The van der Waals surface area contributed by atoms with Crippen LogP contribution in [0.5, 0.6) is 5.75 Å². The van der Waals surface area contributed by atoms with Crippen molar-refractivity contribution in [3.63, 3.8) is 0 Å². The highest BCUT2D eigenvalue weighted by atomic mass is 32.2. The quantitative estimate of drug-likeness (QED) is 0.240. The van der Waals surface area contributed by atoms with Crippen molar-refractivity contribution in [1.29, 1.82) is 0 Å². The zero-order chi connectivity index (χ0) is 30.5. The number of nitrogens with two attached hydrogens (primary N) is 1. The van der Waals surface area contributed by atoms with E-state index in [9.17, 15) is 13.2 Å². The van der Waals surface area contributed by atoms with E-state index in [1.54, 1.807) is 27.3 Å². The average Bonchev–Trinajstić information content (AvgIpc) is 3.55. The molecular weight excluding hydrogens is 587 g/mol. The number of sulfonamides is 1. The monoisotopic (exact) mass is 615 g/mol. The maximum atomic E-state index is 14.1. The minimum absolute atomic E-state index is 0.103. The van der Waals surface area contributed by atoms with Crippen molar-refractivity contribution in [2.45, 2.75) is 26.3 Å². The molecule has 0 radical (unpaired) electrons. The second-order valence-corrected chi connectivity index (χ2v) is 12.8. The summed E-state index contributed by atoms with van der Waals surface area (Å²) in [5.74, 6) is 0.573. The fraction of sp³-hybridized carbons (Fsp3) is 0.200. The van der Waals surface area contributed by atoms with Crippen molar-refractivity contribution in [2.24, 2.45) is 0 Å². The maximum absolute atomic E-state index is 14.1. The molecule has 0 unspecified atom stereocenters. The van der Waals surface area contributed by atoms with Gasteiger partial charge in [0.15, 0.2) is 5.65 Å². The van der Waals surface area contributed by atoms with Crippen LogP contribution in [0.2, 0.25) is 0 Å². The number of benzene rings is 2. The van der Waals surface area contributed by atoms with E-state index in [1.165, 1.54) is 24.8 Å². The zero-order valence-electron chi connectivity index (χ0n) is 23.9. The number of pyridine rings is 1. The third-order valence-corrected chi connectivity index (χ3v) is 8.89. The number of thiazole rings is 1. The third kappa shape index (κ3) is 5.00. The molecule has 0 aliphatic carbocycles. The number of anilines is 2. The van der Waals surface area contributed by atoms with E-state index in [2.05, 4.69) is 20.8 Å². The third-order valence-electron chi connectivity index (χ3n) is 7.30. The Morgan fingerprint density at radius 3 is 2.56 bits per heavy atom. The molecule has 0 bridgehead atoms. The molecule has 0 amide bonds. The Morgan fingerprint density at radius 1 is 1.09 bits per heavy atom. The first-order valence-corrected chi connectivity index (χ1v) is 16.2. The first kappa shape index (κ1) is 28.4.